The van der Waals surface area contributed by atoms with Gasteiger partial charge in [0.2, 0.25) is 5.91 Å². The normalized spacial score (nSPS) is 23.1. The number of hydrogen-bond donors (Lipinski definition) is 0. The van der Waals surface area contributed by atoms with Crippen molar-refractivity contribution in [2.75, 3.05) is 32.8 Å². The third kappa shape index (κ3) is 2.06. The van der Waals surface area contributed by atoms with Crippen LogP contribution in [0.3, 0.4) is 0 Å². The number of ether oxygens (including phenoxy) is 1. The van der Waals surface area contributed by atoms with E-state index in [1.54, 1.807) is 4.90 Å². The second kappa shape index (κ2) is 4.08. The fraction of sp³-hybridized carbons (Fsp3) is 0.889. The van der Waals surface area contributed by atoms with Crippen molar-refractivity contribution < 1.29 is 9.53 Å². The Hall–Kier alpha value is -1.26. The summed E-state index contributed by atoms with van der Waals surface area (Å²) in [6.45, 7) is 3.16. The molecule has 6 heteroatoms. The second-order valence-electron chi connectivity index (χ2n) is 4.26. The smallest absolute Gasteiger partial charge is 0.228 e. The summed E-state index contributed by atoms with van der Waals surface area (Å²) >= 11 is 0. The highest BCUT2D eigenvalue weighted by Gasteiger charge is 2.41. The highest BCUT2D eigenvalue weighted by molar-refractivity contribution is 5.78. The summed E-state index contributed by atoms with van der Waals surface area (Å²) in [5.74, 6) is -0.0668. The van der Waals surface area contributed by atoms with Gasteiger partial charge < -0.3 is 9.64 Å². The Kier molecular flexibility index (Phi) is 2.79. The first kappa shape index (κ1) is 10.3. The van der Waals surface area contributed by atoms with Crippen LogP contribution in [0.4, 0.5) is 0 Å². The highest BCUT2D eigenvalue weighted by Crippen LogP contribution is 2.38. The molecule has 1 spiro atoms. The van der Waals surface area contributed by atoms with Crippen molar-refractivity contribution in [3.63, 3.8) is 0 Å². The third-order valence-electron chi connectivity index (χ3n) is 3.26. The Morgan fingerprint density at radius 3 is 2.60 bits per heavy atom. The van der Waals surface area contributed by atoms with Crippen LogP contribution in [0.25, 0.3) is 10.4 Å². The molecule has 2 saturated heterocycles. The van der Waals surface area contributed by atoms with Gasteiger partial charge >= 0.3 is 0 Å². The number of rotatable bonds is 2. The molecular weight excluding hydrogens is 196 g/mol. The van der Waals surface area contributed by atoms with E-state index >= 15 is 0 Å². The van der Waals surface area contributed by atoms with Crippen LogP contribution in [0.1, 0.15) is 12.8 Å². The summed E-state index contributed by atoms with van der Waals surface area (Å²) in [4.78, 5) is 15.9. The Balaban J connectivity index is 1.82. The number of carbonyl (C=O) groups is 1. The van der Waals surface area contributed by atoms with Crippen LogP contribution in [-0.2, 0) is 9.53 Å². The van der Waals surface area contributed by atoms with Crippen LogP contribution in [0.2, 0.25) is 0 Å². The average Bonchev–Trinajstić information content (AvgIpc) is 2.24. The van der Waals surface area contributed by atoms with Gasteiger partial charge in [-0.15, -0.1) is 0 Å². The Morgan fingerprint density at radius 1 is 1.47 bits per heavy atom. The van der Waals surface area contributed by atoms with Gasteiger partial charge in [0.15, 0.2) is 0 Å². The van der Waals surface area contributed by atoms with Crippen molar-refractivity contribution >= 4 is 5.91 Å². The minimum Gasteiger partial charge on any atom is -0.380 e. The second-order valence-corrected chi connectivity index (χ2v) is 4.26. The number of carbonyl (C=O) groups excluding carboxylic acids is 1. The zero-order chi connectivity index (χ0) is 10.7. The molecule has 0 aliphatic carbocycles. The number of likely N-dealkylation sites (tertiary alicyclic amines) is 1. The molecule has 0 aromatic heterocycles. The van der Waals surface area contributed by atoms with Crippen LogP contribution in [0, 0.1) is 5.41 Å². The molecule has 0 unspecified atom stereocenters. The summed E-state index contributed by atoms with van der Waals surface area (Å²) < 4.78 is 5.21. The van der Waals surface area contributed by atoms with E-state index in [0.717, 1.165) is 39.1 Å². The van der Waals surface area contributed by atoms with Crippen molar-refractivity contribution in [2.24, 2.45) is 10.5 Å². The zero-order valence-electron chi connectivity index (χ0n) is 8.56. The fourth-order valence-electron chi connectivity index (χ4n) is 2.10. The van der Waals surface area contributed by atoms with E-state index in [0.29, 0.717) is 5.41 Å². The zero-order valence-corrected chi connectivity index (χ0v) is 8.56. The van der Waals surface area contributed by atoms with Gasteiger partial charge in [-0.2, -0.15) is 0 Å². The van der Waals surface area contributed by atoms with E-state index in [1.807, 2.05) is 0 Å². The van der Waals surface area contributed by atoms with Crippen molar-refractivity contribution in [1.82, 2.24) is 4.90 Å². The summed E-state index contributed by atoms with van der Waals surface area (Å²) in [5.41, 5.74) is 8.46. The molecule has 1 amide bonds. The van der Waals surface area contributed by atoms with Crippen LogP contribution in [-0.4, -0.2) is 43.7 Å². The van der Waals surface area contributed by atoms with Gasteiger partial charge in [-0.1, -0.05) is 5.11 Å². The molecule has 0 bridgehead atoms. The van der Waals surface area contributed by atoms with Crippen LogP contribution in [0.5, 0.6) is 0 Å². The molecular formula is C9H14N4O2. The molecule has 0 saturated carbocycles. The third-order valence-corrected chi connectivity index (χ3v) is 3.26. The van der Waals surface area contributed by atoms with E-state index < -0.39 is 0 Å². The van der Waals surface area contributed by atoms with Gasteiger partial charge in [0.05, 0.1) is 13.2 Å². The monoisotopic (exact) mass is 210 g/mol. The van der Waals surface area contributed by atoms with E-state index in [9.17, 15) is 4.79 Å². The van der Waals surface area contributed by atoms with Crippen molar-refractivity contribution in [2.45, 2.75) is 12.8 Å². The quantitative estimate of drug-likeness (QED) is 0.386. The lowest BCUT2D eigenvalue weighted by molar-refractivity contribution is -0.152. The maximum atomic E-state index is 11.5. The maximum Gasteiger partial charge on any atom is 0.228 e. The lowest BCUT2D eigenvalue weighted by Gasteiger charge is -2.47. The molecule has 2 heterocycles. The van der Waals surface area contributed by atoms with Crippen molar-refractivity contribution in [1.29, 1.82) is 0 Å². The van der Waals surface area contributed by atoms with Crippen LogP contribution < -0.4 is 0 Å². The van der Waals surface area contributed by atoms with Crippen molar-refractivity contribution in [3.8, 4) is 0 Å². The molecule has 2 aliphatic heterocycles. The minimum atomic E-state index is -0.0668. The van der Waals surface area contributed by atoms with Crippen LogP contribution >= 0.6 is 0 Å². The summed E-state index contributed by atoms with van der Waals surface area (Å²) in [6, 6.07) is 0. The molecule has 6 nitrogen and oxygen atoms in total. The van der Waals surface area contributed by atoms with E-state index in [2.05, 4.69) is 10.0 Å². The van der Waals surface area contributed by atoms with E-state index in [4.69, 9.17) is 10.3 Å². The first-order valence-electron chi connectivity index (χ1n) is 5.12. The topological polar surface area (TPSA) is 78.3 Å². The standard InChI is InChI=1S/C9H14N4O2/c10-12-11-5-8(14)13-3-1-9(2-4-13)6-15-7-9/h1-7H2. The number of azide groups is 1. The number of nitrogens with zero attached hydrogens (tertiary/aromatic N) is 4. The molecule has 0 N–H and O–H groups in total. The molecule has 0 aromatic carbocycles. The first-order valence-corrected chi connectivity index (χ1v) is 5.12. The molecule has 0 aromatic rings. The number of hydrogen-bond acceptors (Lipinski definition) is 3. The predicted molar refractivity (Wildman–Crippen MR) is 53.1 cm³/mol. The maximum absolute atomic E-state index is 11.5. The van der Waals surface area contributed by atoms with Gasteiger partial charge in [0, 0.05) is 23.4 Å². The largest absolute Gasteiger partial charge is 0.380 e. The summed E-state index contributed by atoms with van der Waals surface area (Å²) in [5, 5.41) is 3.28. The molecule has 2 rings (SSSR count). The average molecular weight is 210 g/mol. The molecule has 82 valence electrons. The molecule has 0 atom stereocenters. The van der Waals surface area contributed by atoms with Gasteiger partial charge in [0.1, 0.15) is 6.54 Å². The number of amides is 1. The Morgan fingerprint density at radius 2 is 2.13 bits per heavy atom. The molecule has 2 fully saturated rings. The number of piperidine rings is 1. The first-order chi connectivity index (χ1) is 7.26. The van der Waals surface area contributed by atoms with Crippen molar-refractivity contribution in [3.05, 3.63) is 10.4 Å². The lowest BCUT2D eigenvalue weighted by Crippen LogP contribution is -2.52. The lowest BCUT2D eigenvalue weighted by atomic mass is 9.77. The minimum absolute atomic E-state index is 0.0556. The fourth-order valence-corrected chi connectivity index (χ4v) is 2.10. The van der Waals surface area contributed by atoms with Gasteiger partial charge in [-0.3, -0.25) is 4.79 Å². The molecule has 0 radical (unpaired) electrons. The van der Waals surface area contributed by atoms with Gasteiger partial charge in [0.25, 0.3) is 0 Å². The predicted octanol–water partition coefficient (Wildman–Crippen LogP) is 0.936. The van der Waals surface area contributed by atoms with Gasteiger partial charge in [-0.25, -0.2) is 0 Å². The van der Waals surface area contributed by atoms with Gasteiger partial charge in [-0.05, 0) is 18.4 Å². The van der Waals surface area contributed by atoms with E-state index in [1.165, 1.54) is 0 Å². The van der Waals surface area contributed by atoms with Crippen LogP contribution in [0.15, 0.2) is 5.11 Å². The summed E-state index contributed by atoms with van der Waals surface area (Å²) in [7, 11) is 0. The summed E-state index contributed by atoms with van der Waals surface area (Å²) in [6.07, 6.45) is 2.02. The molecule has 15 heavy (non-hydrogen) atoms. The highest BCUT2D eigenvalue weighted by atomic mass is 16.5. The Bertz CT molecular complexity index is 297. The SMILES string of the molecule is [N-]=[N+]=NCC(=O)N1CCC2(CC1)COC2. The van der Waals surface area contributed by atoms with E-state index in [-0.39, 0.29) is 12.5 Å². The molecule has 2 aliphatic rings. The Labute approximate surface area is 87.8 Å².